The predicted octanol–water partition coefficient (Wildman–Crippen LogP) is 0.952. The third-order valence-electron chi connectivity index (χ3n) is 2.99. The lowest BCUT2D eigenvalue weighted by Crippen LogP contribution is -2.38. The van der Waals surface area contributed by atoms with E-state index in [9.17, 15) is 13.2 Å². The van der Waals surface area contributed by atoms with Gasteiger partial charge < -0.3 is 10.1 Å². The summed E-state index contributed by atoms with van der Waals surface area (Å²) in [6.07, 6.45) is 2.89. The van der Waals surface area contributed by atoms with Gasteiger partial charge in [-0.15, -0.1) is 0 Å². The fourth-order valence-electron chi connectivity index (χ4n) is 1.58. The molecule has 0 fully saturated rings. The minimum atomic E-state index is -3.79. The van der Waals surface area contributed by atoms with Gasteiger partial charge in [0.1, 0.15) is 10.5 Å². The van der Waals surface area contributed by atoms with Crippen molar-refractivity contribution >= 4 is 27.0 Å². The molecule has 0 saturated heterocycles. The molecular formula is C12H15N3O4S. The predicted molar refractivity (Wildman–Crippen MR) is 72.7 cm³/mol. The lowest BCUT2D eigenvalue weighted by molar-refractivity contribution is -0.146. The number of hydrogen-bond acceptors (Lipinski definition) is 4. The fraction of sp³-hybridized carbons (Fsp3) is 0.333. The van der Waals surface area contributed by atoms with Crippen LogP contribution in [-0.2, 0) is 14.8 Å². The van der Waals surface area contributed by atoms with Crippen molar-refractivity contribution in [1.29, 1.82) is 0 Å². The Hall–Kier alpha value is -1.93. The van der Waals surface area contributed by atoms with E-state index in [1.807, 2.05) is 0 Å². The van der Waals surface area contributed by atoms with Crippen molar-refractivity contribution < 1.29 is 18.3 Å². The second-order valence-corrected chi connectivity index (χ2v) is 6.80. The normalized spacial score (nSPS) is 12.7. The van der Waals surface area contributed by atoms with E-state index in [0.717, 1.165) is 0 Å². The van der Waals surface area contributed by atoms with Gasteiger partial charge in [-0.3, -0.25) is 4.79 Å². The molecule has 3 N–H and O–H groups in total. The molecule has 2 heterocycles. The number of sulfonamides is 1. The van der Waals surface area contributed by atoms with Crippen LogP contribution >= 0.6 is 0 Å². The Kier molecular flexibility index (Phi) is 3.53. The number of nitrogens with one attached hydrogen (secondary N) is 2. The zero-order valence-electron chi connectivity index (χ0n) is 11.0. The number of fused-ring (bicyclic) bond motifs is 1. The Morgan fingerprint density at radius 2 is 2.20 bits per heavy atom. The van der Waals surface area contributed by atoms with E-state index in [4.69, 9.17) is 5.11 Å². The monoisotopic (exact) mass is 297 g/mol. The van der Waals surface area contributed by atoms with E-state index in [1.165, 1.54) is 20.0 Å². The minimum absolute atomic E-state index is 0.0572. The van der Waals surface area contributed by atoms with Crippen LogP contribution in [0.15, 0.2) is 29.4 Å². The molecule has 0 bridgehead atoms. The summed E-state index contributed by atoms with van der Waals surface area (Å²) in [4.78, 5) is 17.8. The summed E-state index contributed by atoms with van der Waals surface area (Å²) in [5, 5.41) is 9.46. The Bertz CT molecular complexity index is 749. The number of hydrogen-bond donors (Lipinski definition) is 3. The van der Waals surface area contributed by atoms with Gasteiger partial charge in [-0.25, -0.2) is 18.1 Å². The highest BCUT2D eigenvalue weighted by molar-refractivity contribution is 7.89. The van der Waals surface area contributed by atoms with E-state index in [1.54, 1.807) is 18.3 Å². The molecule has 0 amide bonds. The molecule has 0 saturated carbocycles. The van der Waals surface area contributed by atoms with Gasteiger partial charge in [0.15, 0.2) is 0 Å². The van der Waals surface area contributed by atoms with Gasteiger partial charge in [0, 0.05) is 24.3 Å². The van der Waals surface area contributed by atoms with Crippen LogP contribution in [0.4, 0.5) is 0 Å². The highest BCUT2D eigenvalue weighted by Crippen LogP contribution is 2.21. The summed E-state index contributed by atoms with van der Waals surface area (Å²) in [6.45, 7) is 2.71. The molecule has 0 aliphatic rings. The molecule has 2 aromatic rings. The molecule has 0 radical (unpaired) electrons. The van der Waals surface area contributed by atoms with E-state index < -0.39 is 21.4 Å². The lowest BCUT2D eigenvalue weighted by Gasteiger charge is -2.19. The molecule has 108 valence electrons. The van der Waals surface area contributed by atoms with Crippen LogP contribution in [0, 0.1) is 5.41 Å². The second-order valence-electron chi connectivity index (χ2n) is 5.07. The molecule has 8 heteroatoms. The summed E-state index contributed by atoms with van der Waals surface area (Å²) in [7, 11) is -3.79. The maximum Gasteiger partial charge on any atom is 0.310 e. The summed E-state index contributed by atoms with van der Waals surface area (Å²) >= 11 is 0. The Balaban J connectivity index is 2.30. The molecule has 0 aromatic carbocycles. The number of pyridine rings is 1. The topological polar surface area (TPSA) is 112 Å². The number of carbonyl (C=O) groups is 1. The van der Waals surface area contributed by atoms with Crippen molar-refractivity contribution in [2.24, 2.45) is 5.41 Å². The zero-order chi connectivity index (χ0) is 15.0. The summed E-state index contributed by atoms with van der Waals surface area (Å²) in [5.41, 5.74) is -0.720. The third-order valence-corrected chi connectivity index (χ3v) is 4.43. The van der Waals surface area contributed by atoms with Crippen LogP contribution in [0.5, 0.6) is 0 Å². The smallest absolute Gasteiger partial charge is 0.310 e. The maximum atomic E-state index is 12.2. The highest BCUT2D eigenvalue weighted by atomic mass is 32.2. The van der Waals surface area contributed by atoms with Crippen LogP contribution in [0.3, 0.4) is 0 Å². The lowest BCUT2D eigenvalue weighted by atomic mass is 9.95. The first kappa shape index (κ1) is 14.5. The number of rotatable bonds is 5. The van der Waals surface area contributed by atoms with Crippen LogP contribution in [0.1, 0.15) is 13.8 Å². The maximum absolute atomic E-state index is 12.2. The third kappa shape index (κ3) is 2.66. The Labute approximate surface area is 116 Å². The summed E-state index contributed by atoms with van der Waals surface area (Å²) in [5.74, 6) is -1.07. The Morgan fingerprint density at radius 1 is 1.50 bits per heavy atom. The Morgan fingerprint density at radius 3 is 2.85 bits per heavy atom. The molecule has 0 aliphatic carbocycles. The van der Waals surface area contributed by atoms with Crippen LogP contribution < -0.4 is 4.72 Å². The largest absolute Gasteiger partial charge is 0.481 e. The average Bonchev–Trinajstić information content (AvgIpc) is 2.81. The van der Waals surface area contributed by atoms with E-state index >= 15 is 0 Å². The number of aliphatic carboxylic acids is 1. The fourth-order valence-corrected chi connectivity index (χ4v) is 2.96. The number of carboxylic acids is 1. The van der Waals surface area contributed by atoms with Gasteiger partial charge in [-0.05, 0) is 26.0 Å². The van der Waals surface area contributed by atoms with Gasteiger partial charge in [-0.2, -0.15) is 0 Å². The van der Waals surface area contributed by atoms with E-state index in [-0.39, 0.29) is 11.4 Å². The van der Waals surface area contributed by atoms with Crippen LogP contribution in [0.2, 0.25) is 0 Å². The number of nitrogens with zero attached hydrogens (tertiary/aromatic N) is 1. The molecule has 0 unspecified atom stereocenters. The van der Waals surface area contributed by atoms with Gasteiger partial charge in [-0.1, -0.05) is 0 Å². The van der Waals surface area contributed by atoms with Crippen molar-refractivity contribution in [3.05, 3.63) is 24.5 Å². The first-order valence-corrected chi connectivity index (χ1v) is 7.37. The number of H-pyrrole nitrogens is 1. The van der Waals surface area contributed by atoms with Crippen molar-refractivity contribution in [1.82, 2.24) is 14.7 Å². The molecule has 7 nitrogen and oxygen atoms in total. The van der Waals surface area contributed by atoms with E-state index in [2.05, 4.69) is 14.7 Å². The molecule has 0 atom stereocenters. The van der Waals surface area contributed by atoms with Gasteiger partial charge >= 0.3 is 5.97 Å². The summed E-state index contributed by atoms with van der Waals surface area (Å²) < 4.78 is 26.8. The molecule has 20 heavy (non-hydrogen) atoms. The van der Waals surface area contributed by atoms with Gasteiger partial charge in [0.05, 0.1) is 5.41 Å². The second kappa shape index (κ2) is 4.88. The van der Waals surface area contributed by atoms with Crippen LogP contribution in [-0.4, -0.2) is 36.0 Å². The van der Waals surface area contributed by atoms with Crippen molar-refractivity contribution in [2.75, 3.05) is 6.54 Å². The molecule has 0 spiro atoms. The highest BCUT2D eigenvalue weighted by Gasteiger charge is 2.30. The van der Waals surface area contributed by atoms with Gasteiger partial charge in [0.2, 0.25) is 10.0 Å². The summed E-state index contributed by atoms with van der Waals surface area (Å²) in [6, 6.07) is 3.27. The molecule has 0 aliphatic heterocycles. The molecule has 2 rings (SSSR count). The van der Waals surface area contributed by atoms with Gasteiger partial charge in [0.25, 0.3) is 0 Å². The molecular weight excluding hydrogens is 282 g/mol. The van der Waals surface area contributed by atoms with Crippen molar-refractivity contribution in [3.8, 4) is 0 Å². The SMILES string of the molecule is CC(C)(CNS(=O)(=O)c1c[nH]c2ncccc12)C(=O)O. The average molecular weight is 297 g/mol. The standard InChI is InChI=1S/C12H15N3O4S/c1-12(2,11(16)17)7-15-20(18,19)9-6-14-10-8(9)4-3-5-13-10/h3-6,15H,7H2,1-2H3,(H,13,14)(H,16,17). The number of aromatic amines is 1. The van der Waals surface area contributed by atoms with E-state index in [0.29, 0.717) is 11.0 Å². The van der Waals surface area contributed by atoms with Crippen molar-refractivity contribution in [3.63, 3.8) is 0 Å². The zero-order valence-corrected chi connectivity index (χ0v) is 11.9. The molecule has 2 aromatic heterocycles. The number of carboxylic acid groups (broad SMARTS) is 1. The quantitative estimate of drug-likeness (QED) is 0.760. The van der Waals surface area contributed by atoms with Crippen molar-refractivity contribution in [2.45, 2.75) is 18.7 Å². The first-order valence-electron chi connectivity index (χ1n) is 5.89. The van der Waals surface area contributed by atoms with Crippen LogP contribution in [0.25, 0.3) is 11.0 Å². The number of aromatic nitrogens is 2. The first-order chi connectivity index (χ1) is 9.24. The minimum Gasteiger partial charge on any atom is -0.481 e.